The summed E-state index contributed by atoms with van der Waals surface area (Å²) < 4.78 is 1.94. The first-order valence-electron chi connectivity index (χ1n) is 8.33. The first-order chi connectivity index (χ1) is 11.5. The van der Waals surface area contributed by atoms with Gasteiger partial charge >= 0.3 is 0 Å². The molecule has 0 saturated carbocycles. The summed E-state index contributed by atoms with van der Waals surface area (Å²) in [4.78, 5) is 2.35. The minimum Gasteiger partial charge on any atom is -0.302 e. The van der Waals surface area contributed by atoms with Crippen LogP contribution in [0, 0.1) is 20.8 Å². The van der Waals surface area contributed by atoms with E-state index in [9.17, 15) is 0 Å². The Kier molecular flexibility index (Phi) is 4.81. The molecule has 3 rings (SSSR count). The Morgan fingerprint density at radius 1 is 1.21 bits per heavy atom. The summed E-state index contributed by atoms with van der Waals surface area (Å²) in [5.41, 5.74) is 7.33. The number of rotatable bonds is 6. The molecule has 0 amide bonds. The van der Waals surface area contributed by atoms with Gasteiger partial charge in [0.25, 0.3) is 0 Å². The van der Waals surface area contributed by atoms with Crippen molar-refractivity contribution >= 4 is 0 Å². The maximum Gasteiger partial charge on any atom is 0.0690 e. The lowest BCUT2D eigenvalue weighted by Crippen LogP contribution is -2.22. The Morgan fingerprint density at radius 3 is 2.71 bits per heavy atom. The standard InChI is InChI=1S/C19H25N5/c1-14-6-7-19(24-10-5-9-20-24)17(12-14)13-23(4)11-8-18-15(2)21-22-16(18)3/h5-7,9-10,12H,8,11,13H2,1-4H3,(H,21,22). The first-order valence-corrected chi connectivity index (χ1v) is 8.33. The molecule has 0 aliphatic heterocycles. The van der Waals surface area contributed by atoms with Crippen LogP contribution in [-0.4, -0.2) is 38.5 Å². The topological polar surface area (TPSA) is 49.7 Å². The van der Waals surface area contributed by atoms with E-state index in [1.54, 1.807) is 0 Å². The van der Waals surface area contributed by atoms with Gasteiger partial charge in [-0.05, 0) is 57.5 Å². The van der Waals surface area contributed by atoms with Crippen molar-refractivity contribution in [3.05, 3.63) is 64.7 Å². The summed E-state index contributed by atoms with van der Waals surface area (Å²) in [6, 6.07) is 8.49. The van der Waals surface area contributed by atoms with Gasteiger partial charge in [0.2, 0.25) is 0 Å². The van der Waals surface area contributed by atoms with Crippen molar-refractivity contribution in [2.45, 2.75) is 33.7 Å². The van der Waals surface area contributed by atoms with E-state index in [2.05, 4.69) is 66.2 Å². The molecule has 0 radical (unpaired) electrons. The lowest BCUT2D eigenvalue weighted by atomic mass is 10.1. The van der Waals surface area contributed by atoms with Crippen LogP contribution in [0.2, 0.25) is 0 Å². The molecule has 1 aromatic carbocycles. The second-order valence-corrected chi connectivity index (χ2v) is 6.48. The van der Waals surface area contributed by atoms with Crippen LogP contribution in [0.3, 0.4) is 0 Å². The maximum absolute atomic E-state index is 4.38. The van der Waals surface area contributed by atoms with Crippen molar-refractivity contribution in [2.75, 3.05) is 13.6 Å². The predicted octanol–water partition coefficient (Wildman–Crippen LogP) is 3.20. The molecule has 126 valence electrons. The Hall–Kier alpha value is -2.40. The molecule has 24 heavy (non-hydrogen) atoms. The third-order valence-electron chi connectivity index (χ3n) is 4.45. The summed E-state index contributed by atoms with van der Waals surface area (Å²) in [5.74, 6) is 0. The van der Waals surface area contributed by atoms with Crippen molar-refractivity contribution in [2.24, 2.45) is 0 Å². The maximum atomic E-state index is 4.38. The molecule has 0 saturated heterocycles. The van der Waals surface area contributed by atoms with E-state index in [-0.39, 0.29) is 0 Å². The number of hydrogen-bond acceptors (Lipinski definition) is 3. The van der Waals surface area contributed by atoms with Crippen LogP contribution in [0.25, 0.3) is 5.69 Å². The monoisotopic (exact) mass is 323 g/mol. The fraction of sp³-hybridized carbons (Fsp3) is 0.368. The van der Waals surface area contributed by atoms with E-state index < -0.39 is 0 Å². The SMILES string of the molecule is Cc1ccc(-n2cccn2)c(CN(C)CCc2c(C)n[nH]c2C)c1. The molecule has 0 unspecified atom stereocenters. The Bertz CT molecular complexity index is 782. The smallest absolute Gasteiger partial charge is 0.0690 e. The highest BCUT2D eigenvalue weighted by Crippen LogP contribution is 2.18. The number of aryl methyl sites for hydroxylation is 3. The summed E-state index contributed by atoms with van der Waals surface area (Å²) >= 11 is 0. The second kappa shape index (κ2) is 7.01. The van der Waals surface area contributed by atoms with Crippen molar-refractivity contribution in [1.29, 1.82) is 0 Å². The molecule has 0 spiro atoms. The van der Waals surface area contributed by atoms with Gasteiger partial charge in [-0.2, -0.15) is 10.2 Å². The van der Waals surface area contributed by atoms with E-state index in [1.807, 2.05) is 23.1 Å². The van der Waals surface area contributed by atoms with Crippen LogP contribution in [0.15, 0.2) is 36.7 Å². The normalized spacial score (nSPS) is 11.4. The largest absolute Gasteiger partial charge is 0.302 e. The molecule has 0 aliphatic rings. The minimum atomic E-state index is 0.896. The van der Waals surface area contributed by atoms with Crippen LogP contribution >= 0.6 is 0 Å². The summed E-state index contributed by atoms with van der Waals surface area (Å²) in [7, 11) is 2.17. The zero-order valence-corrected chi connectivity index (χ0v) is 14.9. The van der Waals surface area contributed by atoms with E-state index in [0.717, 1.165) is 30.9 Å². The molecule has 0 atom stereocenters. The quantitative estimate of drug-likeness (QED) is 0.758. The van der Waals surface area contributed by atoms with Gasteiger partial charge in [0.1, 0.15) is 0 Å². The molecule has 0 aliphatic carbocycles. The molecule has 3 aromatic rings. The average molecular weight is 323 g/mol. The van der Waals surface area contributed by atoms with E-state index >= 15 is 0 Å². The number of benzene rings is 1. The highest BCUT2D eigenvalue weighted by atomic mass is 15.3. The van der Waals surface area contributed by atoms with Crippen LogP contribution in [-0.2, 0) is 13.0 Å². The number of nitrogens with zero attached hydrogens (tertiary/aromatic N) is 4. The molecule has 2 heterocycles. The van der Waals surface area contributed by atoms with Gasteiger partial charge in [0.15, 0.2) is 0 Å². The number of aromatic nitrogens is 4. The van der Waals surface area contributed by atoms with Gasteiger partial charge in [0.05, 0.1) is 11.4 Å². The van der Waals surface area contributed by atoms with Gasteiger partial charge in [-0.25, -0.2) is 4.68 Å². The highest BCUT2D eigenvalue weighted by molar-refractivity contribution is 5.42. The summed E-state index contributed by atoms with van der Waals surface area (Å²) in [6.07, 6.45) is 4.82. The molecular formula is C19H25N5. The average Bonchev–Trinajstić information content (AvgIpc) is 3.17. The molecule has 2 aromatic heterocycles. The number of likely N-dealkylation sites (N-methyl/N-ethyl adjacent to an activating group) is 1. The fourth-order valence-electron chi connectivity index (χ4n) is 3.09. The van der Waals surface area contributed by atoms with Crippen molar-refractivity contribution < 1.29 is 0 Å². The van der Waals surface area contributed by atoms with Crippen molar-refractivity contribution in [1.82, 2.24) is 24.9 Å². The second-order valence-electron chi connectivity index (χ2n) is 6.48. The Morgan fingerprint density at radius 2 is 2.04 bits per heavy atom. The molecule has 5 nitrogen and oxygen atoms in total. The zero-order chi connectivity index (χ0) is 17.1. The fourth-order valence-corrected chi connectivity index (χ4v) is 3.09. The molecule has 5 heteroatoms. The number of aromatic amines is 1. The third kappa shape index (κ3) is 3.57. The van der Waals surface area contributed by atoms with Gasteiger partial charge < -0.3 is 4.90 Å². The number of H-pyrrole nitrogens is 1. The van der Waals surface area contributed by atoms with Crippen LogP contribution in [0.4, 0.5) is 0 Å². The van der Waals surface area contributed by atoms with Gasteiger partial charge in [-0.15, -0.1) is 0 Å². The van der Waals surface area contributed by atoms with E-state index in [0.29, 0.717) is 0 Å². The van der Waals surface area contributed by atoms with Crippen molar-refractivity contribution in [3.8, 4) is 5.69 Å². The van der Waals surface area contributed by atoms with Gasteiger partial charge in [-0.1, -0.05) is 17.7 Å². The minimum absolute atomic E-state index is 0.896. The summed E-state index contributed by atoms with van der Waals surface area (Å²) in [5, 5.41) is 11.7. The lowest BCUT2D eigenvalue weighted by molar-refractivity contribution is 0.330. The first kappa shape index (κ1) is 16.5. The predicted molar refractivity (Wildman–Crippen MR) is 96.4 cm³/mol. The van der Waals surface area contributed by atoms with Crippen LogP contribution < -0.4 is 0 Å². The van der Waals surface area contributed by atoms with Crippen LogP contribution in [0.1, 0.15) is 28.1 Å². The van der Waals surface area contributed by atoms with E-state index in [4.69, 9.17) is 0 Å². The van der Waals surface area contributed by atoms with Crippen LogP contribution in [0.5, 0.6) is 0 Å². The Labute approximate surface area is 143 Å². The molecule has 0 fully saturated rings. The Balaban J connectivity index is 1.72. The molecule has 0 bridgehead atoms. The zero-order valence-electron chi connectivity index (χ0n) is 14.9. The molecular weight excluding hydrogens is 298 g/mol. The summed E-state index contributed by atoms with van der Waals surface area (Å²) in [6.45, 7) is 8.18. The van der Waals surface area contributed by atoms with E-state index in [1.165, 1.54) is 22.4 Å². The number of hydrogen-bond donors (Lipinski definition) is 1. The van der Waals surface area contributed by atoms with Gasteiger partial charge in [-0.3, -0.25) is 5.10 Å². The highest BCUT2D eigenvalue weighted by Gasteiger charge is 2.11. The van der Waals surface area contributed by atoms with Gasteiger partial charge in [0, 0.05) is 31.2 Å². The number of nitrogens with one attached hydrogen (secondary N) is 1. The lowest BCUT2D eigenvalue weighted by Gasteiger charge is -2.19. The van der Waals surface area contributed by atoms with Crippen molar-refractivity contribution in [3.63, 3.8) is 0 Å². The molecule has 1 N–H and O–H groups in total. The third-order valence-corrected chi connectivity index (χ3v) is 4.45.